The van der Waals surface area contributed by atoms with Crippen molar-refractivity contribution in [3.63, 3.8) is 0 Å². The van der Waals surface area contributed by atoms with Gasteiger partial charge in [-0.15, -0.1) is 0 Å². The summed E-state index contributed by atoms with van der Waals surface area (Å²) in [6, 6.07) is 0. The minimum Gasteiger partial charge on any atom is -0.388 e. The molecular weight excluding hydrogens is 160 g/mol. The van der Waals surface area contributed by atoms with Gasteiger partial charge in [-0.05, 0) is 5.92 Å². The highest BCUT2D eigenvalue weighted by Gasteiger charge is 2.38. The lowest BCUT2D eigenvalue weighted by atomic mass is 9.93. The summed E-state index contributed by atoms with van der Waals surface area (Å²) in [7, 11) is 0. The van der Waals surface area contributed by atoms with Gasteiger partial charge in [-0.2, -0.15) is 0 Å². The van der Waals surface area contributed by atoms with Crippen LogP contribution in [-0.4, -0.2) is 46.3 Å². The van der Waals surface area contributed by atoms with Crippen molar-refractivity contribution >= 4 is 0 Å². The van der Waals surface area contributed by atoms with Crippen LogP contribution in [0.1, 0.15) is 13.8 Å². The van der Waals surface area contributed by atoms with Crippen LogP contribution in [-0.2, 0) is 4.74 Å². The van der Waals surface area contributed by atoms with Gasteiger partial charge in [-0.1, -0.05) is 13.8 Å². The van der Waals surface area contributed by atoms with Crippen LogP contribution in [0.15, 0.2) is 0 Å². The molecule has 0 saturated carbocycles. The van der Waals surface area contributed by atoms with Crippen LogP contribution in [0.25, 0.3) is 0 Å². The number of rotatable bonds is 1. The van der Waals surface area contributed by atoms with Crippen molar-refractivity contribution in [3.8, 4) is 0 Å². The summed E-state index contributed by atoms with van der Waals surface area (Å²) >= 11 is 0. The standard InChI is InChI=1S/C8H16O4/c1-4(2)8-7(11)6(10)5(9)3-12-8/h4-11H,3H2,1-2H3/t5?,6-,7?,8?/m0/s1. The summed E-state index contributed by atoms with van der Waals surface area (Å²) in [5, 5.41) is 27.8. The molecule has 1 aliphatic rings. The Morgan fingerprint density at radius 1 is 1.17 bits per heavy atom. The molecule has 4 heteroatoms. The lowest BCUT2D eigenvalue weighted by molar-refractivity contribution is -0.197. The van der Waals surface area contributed by atoms with Crippen molar-refractivity contribution < 1.29 is 20.1 Å². The minimum atomic E-state index is -1.08. The number of ether oxygens (including phenoxy) is 1. The molecule has 0 radical (unpaired) electrons. The van der Waals surface area contributed by atoms with E-state index in [0.29, 0.717) is 0 Å². The van der Waals surface area contributed by atoms with E-state index in [0.717, 1.165) is 0 Å². The van der Waals surface area contributed by atoms with E-state index in [1.165, 1.54) is 0 Å². The Labute approximate surface area is 71.8 Å². The average Bonchev–Trinajstić information content (AvgIpc) is 2.00. The fourth-order valence-electron chi connectivity index (χ4n) is 1.42. The molecule has 0 bridgehead atoms. The summed E-state index contributed by atoms with van der Waals surface area (Å²) in [5.41, 5.74) is 0. The van der Waals surface area contributed by atoms with Gasteiger partial charge in [-0.3, -0.25) is 0 Å². The maximum Gasteiger partial charge on any atom is 0.111 e. The molecule has 0 aliphatic carbocycles. The van der Waals surface area contributed by atoms with E-state index in [1.54, 1.807) is 0 Å². The molecule has 0 aromatic carbocycles. The molecule has 1 fully saturated rings. The molecule has 1 saturated heterocycles. The predicted molar refractivity (Wildman–Crippen MR) is 42.6 cm³/mol. The largest absolute Gasteiger partial charge is 0.388 e. The lowest BCUT2D eigenvalue weighted by Gasteiger charge is -2.37. The molecule has 0 spiro atoms. The van der Waals surface area contributed by atoms with E-state index in [2.05, 4.69) is 0 Å². The average molecular weight is 176 g/mol. The van der Waals surface area contributed by atoms with Gasteiger partial charge < -0.3 is 20.1 Å². The molecule has 12 heavy (non-hydrogen) atoms. The van der Waals surface area contributed by atoms with Crippen LogP contribution in [0, 0.1) is 5.92 Å². The zero-order chi connectivity index (χ0) is 9.30. The number of hydrogen-bond donors (Lipinski definition) is 3. The second-order valence-corrected chi connectivity index (χ2v) is 3.59. The first kappa shape index (κ1) is 9.92. The van der Waals surface area contributed by atoms with Crippen molar-refractivity contribution in [2.24, 2.45) is 5.92 Å². The molecule has 4 nitrogen and oxygen atoms in total. The second kappa shape index (κ2) is 3.70. The van der Waals surface area contributed by atoms with E-state index in [-0.39, 0.29) is 18.6 Å². The van der Waals surface area contributed by atoms with E-state index >= 15 is 0 Å². The zero-order valence-corrected chi connectivity index (χ0v) is 7.34. The second-order valence-electron chi connectivity index (χ2n) is 3.59. The van der Waals surface area contributed by atoms with Gasteiger partial charge in [0.15, 0.2) is 0 Å². The summed E-state index contributed by atoms with van der Waals surface area (Å²) < 4.78 is 5.17. The van der Waals surface area contributed by atoms with Crippen molar-refractivity contribution in [1.29, 1.82) is 0 Å². The van der Waals surface area contributed by atoms with Gasteiger partial charge in [0.05, 0.1) is 12.7 Å². The quantitative estimate of drug-likeness (QED) is 0.485. The molecule has 4 atom stereocenters. The first-order chi connectivity index (χ1) is 5.54. The fourth-order valence-corrected chi connectivity index (χ4v) is 1.42. The Morgan fingerprint density at radius 2 is 1.75 bits per heavy atom. The van der Waals surface area contributed by atoms with Gasteiger partial charge in [0.2, 0.25) is 0 Å². The maximum absolute atomic E-state index is 9.44. The first-order valence-electron chi connectivity index (χ1n) is 4.20. The minimum absolute atomic E-state index is 0.0983. The summed E-state index contributed by atoms with van der Waals surface area (Å²) in [5.74, 6) is 0.141. The Bertz CT molecular complexity index is 148. The predicted octanol–water partition coefficient (Wildman–Crippen LogP) is -0.876. The van der Waals surface area contributed by atoms with E-state index in [1.807, 2.05) is 13.8 Å². The van der Waals surface area contributed by atoms with Gasteiger partial charge in [-0.25, -0.2) is 0 Å². The third-order valence-corrected chi connectivity index (χ3v) is 2.20. The molecule has 3 N–H and O–H groups in total. The van der Waals surface area contributed by atoms with Crippen LogP contribution in [0.5, 0.6) is 0 Å². The van der Waals surface area contributed by atoms with E-state index in [4.69, 9.17) is 9.84 Å². The van der Waals surface area contributed by atoms with Crippen LogP contribution in [0.2, 0.25) is 0 Å². The molecule has 1 heterocycles. The molecule has 0 amide bonds. The first-order valence-corrected chi connectivity index (χ1v) is 4.20. The Hall–Kier alpha value is -0.160. The Kier molecular flexibility index (Phi) is 3.06. The highest BCUT2D eigenvalue weighted by molar-refractivity contribution is 4.87. The fraction of sp³-hybridized carbons (Fsp3) is 1.00. The van der Waals surface area contributed by atoms with E-state index in [9.17, 15) is 10.2 Å². The Morgan fingerprint density at radius 3 is 2.25 bits per heavy atom. The van der Waals surface area contributed by atoms with Crippen molar-refractivity contribution in [1.82, 2.24) is 0 Å². The smallest absolute Gasteiger partial charge is 0.111 e. The Balaban J connectivity index is 2.58. The van der Waals surface area contributed by atoms with Crippen LogP contribution < -0.4 is 0 Å². The third kappa shape index (κ3) is 1.77. The van der Waals surface area contributed by atoms with Crippen LogP contribution in [0.3, 0.4) is 0 Å². The molecule has 0 aromatic rings. The van der Waals surface area contributed by atoms with E-state index < -0.39 is 18.3 Å². The number of aliphatic hydroxyl groups excluding tert-OH is 3. The molecule has 0 aromatic heterocycles. The molecule has 72 valence electrons. The molecule has 3 unspecified atom stereocenters. The lowest BCUT2D eigenvalue weighted by Crippen LogP contribution is -2.54. The monoisotopic (exact) mass is 176 g/mol. The maximum atomic E-state index is 9.44. The van der Waals surface area contributed by atoms with Crippen molar-refractivity contribution in [3.05, 3.63) is 0 Å². The third-order valence-electron chi connectivity index (χ3n) is 2.20. The highest BCUT2D eigenvalue weighted by atomic mass is 16.5. The number of hydrogen-bond acceptors (Lipinski definition) is 4. The SMILES string of the molecule is CC(C)C1OCC(O)[C@H](O)C1O. The number of aliphatic hydroxyl groups is 3. The van der Waals surface area contributed by atoms with Crippen LogP contribution in [0.4, 0.5) is 0 Å². The highest BCUT2D eigenvalue weighted by Crippen LogP contribution is 2.20. The summed E-state index contributed by atoms with van der Waals surface area (Å²) in [6.07, 6.45) is -3.39. The van der Waals surface area contributed by atoms with Gasteiger partial charge in [0, 0.05) is 0 Å². The summed E-state index contributed by atoms with van der Waals surface area (Å²) in [6.45, 7) is 3.90. The topological polar surface area (TPSA) is 69.9 Å². The molecular formula is C8H16O4. The van der Waals surface area contributed by atoms with Gasteiger partial charge in [0.25, 0.3) is 0 Å². The van der Waals surface area contributed by atoms with Gasteiger partial charge >= 0.3 is 0 Å². The molecule has 1 aliphatic heterocycles. The van der Waals surface area contributed by atoms with Crippen LogP contribution >= 0.6 is 0 Å². The van der Waals surface area contributed by atoms with Gasteiger partial charge in [0.1, 0.15) is 18.3 Å². The normalized spacial score (nSPS) is 43.5. The van der Waals surface area contributed by atoms with Crippen molar-refractivity contribution in [2.75, 3.05) is 6.61 Å². The van der Waals surface area contributed by atoms with Crippen molar-refractivity contribution in [2.45, 2.75) is 38.3 Å². The summed E-state index contributed by atoms with van der Waals surface area (Å²) in [4.78, 5) is 0. The molecule has 1 rings (SSSR count). The zero-order valence-electron chi connectivity index (χ0n) is 7.34.